The van der Waals surface area contributed by atoms with Crippen molar-refractivity contribution in [3.63, 3.8) is 0 Å². The summed E-state index contributed by atoms with van der Waals surface area (Å²) in [5.74, 6) is 0.459. The van der Waals surface area contributed by atoms with Gasteiger partial charge in [0.15, 0.2) is 0 Å². The highest BCUT2D eigenvalue weighted by atomic mass is 32.1. The molecule has 3 nitrogen and oxygen atoms in total. The molecule has 0 bridgehead atoms. The van der Waals surface area contributed by atoms with Gasteiger partial charge in [0.1, 0.15) is 0 Å². The Morgan fingerprint density at radius 2 is 2.11 bits per heavy atom. The highest BCUT2D eigenvalue weighted by molar-refractivity contribution is 7.09. The summed E-state index contributed by atoms with van der Waals surface area (Å²) in [6.45, 7) is 0. The van der Waals surface area contributed by atoms with Crippen molar-refractivity contribution in [2.75, 3.05) is 0 Å². The number of aryl methyl sites for hydroxylation is 1. The number of hydrogen-bond donors (Lipinski definition) is 1. The molecule has 0 aromatic carbocycles. The second-order valence-electron chi connectivity index (χ2n) is 5.51. The van der Waals surface area contributed by atoms with Gasteiger partial charge in [0, 0.05) is 16.8 Å². The number of fused-ring (bicyclic) bond motifs is 1. The third kappa shape index (κ3) is 2.58. The third-order valence-corrected chi connectivity index (χ3v) is 5.11. The minimum Gasteiger partial charge on any atom is -0.353 e. The molecule has 4 heteroatoms. The molecule has 18 heavy (non-hydrogen) atoms. The average molecular weight is 264 g/mol. The number of nitrogens with one attached hydrogen (secondary N) is 1. The molecule has 1 aromatic heterocycles. The van der Waals surface area contributed by atoms with Crippen molar-refractivity contribution in [1.29, 1.82) is 0 Å². The molecule has 3 rings (SSSR count). The summed E-state index contributed by atoms with van der Waals surface area (Å²) in [5.41, 5.74) is 3.13. The normalized spacial score (nSPS) is 24.6. The lowest BCUT2D eigenvalue weighted by molar-refractivity contribution is -0.126. The smallest absolute Gasteiger partial charge is 0.223 e. The van der Waals surface area contributed by atoms with Gasteiger partial charge in [0.25, 0.3) is 0 Å². The van der Waals surface area contributed by atoms with E-state index < -0.39 is 0 Å². The van der Waals surface area contributed by atoms with Gasteiger partial charge in [-0.3, -0.25) is 4.79 Å². The van der Waals surface area contributed by atoms with Gasteiger partial charge in [0.2, 0.25) is 5.91 Å². The van der Waals surface area contributed by atoms with Crippen LogP contribution in [0.3, 0.4) is 0 Å². The molecule has 1 amide bonds. The van der Waals surface area contributed by atoms with Crippen LogP contribution in [0.25, 0.3) is 0 Å². The molecule has 0 radical (unpaired) electrons. The van der Waals surface area contributed by atoms with Crippen molar-refractivity contribution in [1.82, 2.24) is 10.3 Å². The van der Waals surface area contributed by atoms with Crippen molar-refractivity contribution in [3.05, 3.63) is 16.1 Å². The van der Waals surface area contributed by atoms with Crippen LogP contribution in [0, 0.1) is 5.92 Å². The second kappa shape index (κ2) is 5.39. The number of carbonyl (C=O) groups is 1. The second-order valence-corrected chi connectivity index (χ2v) is 6.44. The molecule has 1 unspecified atom stereocenters. The Labute approximate surface area is 112 Å². The Morgan fingerprint density at radius 3 is 2.94 bits per heavy atom. The largest absolute Gasteiger partial charge is 0.353 e. The molecule has 0 aliphatic heterocycles. The van der Waals surface area contributed by atoms with Crippen molar-refractivity contribution >= 4 is 17.2 Å². The zero-order valence-corrected chi connectivity index (χ0v) is 11.5. The van der Waals surface area contributed by atoms with Crippen LogP contribution in [0.2, 0.25) is 0 Å². The molecular weight excluding hydrogens is 244 g/mol. The molecule has 2 aliphatic rings. The zero-order valence-electron chi connectivity index (χ0n) is 10.7. The number of amides is 1. The molecule has 0 saturated heterocycles. The summed E-state index contributed by atoms with van der Waals surface area (Å²) < 4.78 is 0. The topological polar surface area (TPSA) is 42.0 Å². The SMILES string of the molecule is O=C(NC1CCCCC1)C1CCc2ncsc2C1. The van der Waals surface area contributed by atoms with Gasteiger partial charge in [-0.15, -0.1) is 11.3 Å². The van der Waals surface area contributed by atoms with E-state index in [9.17, 15) is 4.79 Å². The first-order chi connectivity index (χ1) is 8.83. The van der Waals surface area contributed by atoms with Crippen LogP contribution >= 0.6 is 11.3 Å². The van der Waals surface area contributed by atoms with Crippen LogP contribution in [-0.2, 0) is 17.6 Å². The predicted octanol–water partition coefficient (Wildman–Crippen LogP) is 2.70. The maximum absolute atomic E-state index is 12.3. The summed E-state index contributed by atoms with van der Waals surface area (Å²) in [5, 5.41) is 3.26. The van der Waals surface area contributed by atoms with E-state index in [0.29, 0.717) is 6.04 Å². The maximum atomic E-state index is 12.3. The Kier molecular flexibility index (Phi) is 3.64. The summed E-state index contributed by atoms with van der Waals surface area (Å²) in [7, 11) is 0. The molecular formula is C14H20N2OS. The molecule has 1 saturated carbocycles. The lowest BCUT2D eigenvalue weighted by Gasteiger charge is -2.26. The standard InChI is InChI=1S/C14H20N2OS/c17-14(16-11-4-2-1-3-5-11)10-6-7-12-13(8-10)18-9-15-12/h9-11H,1-8H2,(H,16,17). The first-order valence-electron chi connectivity index (χ1n) is 7.04. The predicted molar refractivity (Wildman–Crippen MR) is 72.6 cm³/mol. The van der Waals surface area contributed by atoms with Gasteiger partial charge in [-0.25, -0.2) is 4.98 Å². The number of rotatable bonds is 2. The van der Waals surface area contributed by atoms with Crippen LogP contribution in [0.5, 0.6) is 0 Å². The van der Waals surface area contributed by atoms with Gasteiger partial charge >= 0.3 is 0 Å². The highest BCUT2D eigenvalue weighted by Gasteiger charge is 2.27. The molecule has 0 spiro atoms. The Morgan fingerprint density at radius 1 is 1.28 bits per heavy atom. The van der Waals surface area contributed by atoms with Gasteiger partial charge in [0.05, 0.1) is 11.2 Å². The summed E-state index contributed by atoms with van der Waals surface area (Å²) in [6.07, 6.45) is 9.06. The fourth-order valence-corrected chi connectivity index (χ4v) is 3.99. The fourth-order valence-electron chi connectivity index (χ4n) is 3.09. The van der Waals surface area contributed by atoms with Crippen LogP contribution in [-0.4, -0.2) is 16.9 Å². The number of hydrogen-bond acceptors (Lipinski definition) is 3. The molecule has 1 fully saturated rings. The number of thiazole rings is 1. The molecule has 1 N–H and O–H groups in total. The minimum atomic E-state index is 0.180. The van der Waals surface area contributed by atoms with Crippen LogP contribution < -0.4 is 5.32 Å². The average Bonchev–Trinajstić information content (AvgIpc) is 2.87. The Balaban J connectivity index is 1.57. The van der Waals surface area contributed by atoms with E-state index in [1.165, 1.54) is 42.7 Å². The Bertz CT molecular complexity index is 423. The van der Waals surface area contributed by atoms with Crippen molar-refractivity contribution < 1.29 is 4.79 Å². The lowest BCUT2D eigenvalue weighted by Crippen LogP contribution is -2.41. The van der Waals surface area contributed by atoms with Crippen LogP contribution in [0.4, 0.5) is 0 Å². The van der Waals surface area contributed by atoms with Gasteiger partial charge in [-0.05, 0) is 32.1 Å². The fraction of sp³-hybridized carbons (Fsp3) is 0.714. The van der Waals surface area contributed by atoms with Crippen molar-refractivity contribution in [2.45, 2.75) is 57.4 Å². The first kappa shape index (κ1) is 12.2. The van der Waals surface area contributed by atoms with Crippen molar-refractivity contribution in [2.24, 2.45) is 5.92 Å². The van der Waals surface area contributed by atoms with Crippen LogP contribution in [0.1, 0.15) is 49.1 Å². The highest BCUT2D eigenvalue weighted by Crippen LogP contribution is 2.28. The number of nitrogens with zero attached hydrogens (tertiary/aromatic N) is 1. The first-order valence-corrected chi connectivity index (χ1v) is 7.92. The van der Waals surface area contributed by atoms with E-state index >= 15 is 0 Å². The summed E-state index contributed by atoms with van der Waals surface area (Å²) in [6, 6.07) is 0.439. The Hall–Kier alpha value is -0.900. The van der Waals surface area contributed by atoms with E-state index in [-0.39, 0.29) is 11.8 Å². The van der Waals surface area contributed by atoms with Gasteiger partial charge < -0.3 is 5.32 Å². The number of carbonyl (C=O) groups excluding carboxylic acids is 1. The van der Waals surface area contributed by atoms with Gasteiger partial charge in [-0.2, -0.15) is 0 Å². The number of aromatic nitrogens is 1. The molecule has 98 valence electrons. The van der Waals surface area contributed by atoms with Crippen molar-refractivity contribution in [3.8, 4) is 0 Å². The quantitative estimate of drug-likeness (QED) is 0.892. The van der Waals surface area contributed by atoms with E-state index in [1.807, 2.05) is 5.51 Å². The van der Waals surface area contributed by atoms with E-state index in [1.54, 1.807) is 11.3 Å². The molecule has 2 aliphatic carbocycles. The van der Waals surface area contributed by atoms with E-state index in [2.05, 4.69) is 10.3 Å². The molecule has 1 heterocycles. The van der Waals surface area contributed by atoms with E-state index in [0.717, 1.165) is 19.3 Å². The zero-order chi connectivity index (χ0) is 12.4. The minimum absolute atomic E-state index is 0.180. The monoisotopic (exact) mass is 264 g/mol. The summed E-state index contributed by atoms with van der Waals surface area (Å²) in [4.78, 5) is 17.9. The van der Waals surface area contributed by atoms with Gasteiger partial charge in [-0.1, -0.05) is 19.3 Å². The molecule has 1 atom stereocenters. The molecule has 1 aromatic rings. The van der Waals surface area contributed by atoms with Crippen LogP contribution in [0.15, 0.2) is 5.51 Å². The lowest BCUT2D eigenvalue weighted by atomic mass is 9.89. The summed E-state index contributed by atoms with van der Waals surface area (Å²) >= 11 is 1.70. The maximum Gasteiger partial charge on any atom is 0.223 e. The third-order valence-electron chi connectivity index (χ3n) is 4.21. The van der Waals surface area contributed by atoms with E-state index in [4.69, 9.17) is 0 Å².